The number of rotatable bonds is 14. The fourth-order valence-corrected chi connectivity index (χ4v) is 2.83. The average molecular weight is 270 g/mol. The fourth-order valence-electron chi connectivity index (χ4n) is 2.83. The van der Waals surface area contributed by atoms with Crippen LogP contribution in [0.5, 0.6) is 0 Å². The van der Waals surface area contributed by atoms with Crippen molar-refractivity contribution in [1.29, 1.82) is 0 Å². The van der Waals surface area contributed by atoms with Crippen LogP contribution in [0.3, 0.4) is 0 Å². The van der Waals surface area contributed by atoms with Crippen molar-refractivity contribution in [3.05, 3.63) is 0 Å². The summed E-state index contributed by atoms with van der Waals surface area (Å²) in [6, 6.07) is 0. The monoisotopic (exact) mass is 269 g/mol. The van der Waals surface area contributed by atoms with Crippen LogP contribution in [0.1, 0.15) is 91.9 Å². The molecule has 0 aliphatic rings. The van der Waals surface area contributed by atoms with Gasteiger partial charge in [0.15, 0.2) is 0 Å². The zero-order valence-corrected chi connectivity index (χ0v) is 14.2. The molecule has 1 unspecified atom stereocenters. The summed E-state index contributed by atoms with van der Waals surface area (Å²) in [6.45, 7) is 13.3. The van der Waals surface area contributed by atoms with Crippen LogP contribution in [-0.2, 0) is 0 Å². The number of hydrogen-bond donors (Lipinski definition) is 0. The van der Waals surface area contributed by atoms with Gasteiger partial charge in [0.1, 0.15) is 0 Å². The standard InChI is InChI=1S/C18H39N/c1-5-9-11-12-13-16-19(15-7-3)17-18(8-4)14-10-6-2/h18H,5-17H2,1-4H3. The quantitative estimate of drug-likeness (QED) is 0.356. The third-order valence-electron chi connectivity index (χ3n) is 4.18. The molecule has 0 aromatic heterocycles. The Kier molecular flexibility index (Phi) is 14.3. The van der Waals surface area contributed by atoms with Gasteiger partial charge in [0, 0.05) is 6.54 Å². The second-order valence-corrected chi connectivity index (χ2v) is 6.13. The zero-order chi connectivity index (χ0) is 14.3. The van der Waals surface area contributed by atoms with Gasteiger partial charge in [-0.2, -0.15) is 0 Å². The van der Waals surface area contributed by atoms with Crippen molar-refractivity contribution in [2.24, 2.45) is 5.92 Å². The van der Waals surface area contributed by atoms with E-state index < -0.39 is 0 Å². The van der Waals surface area contributed by atoms with Crippen molar-refractivity contribution in [1.82, 2.24) is 4.90 Å². The van der Waals surface area contributed by atoms with Crippen molar-refractivity contribution < 1.29 is 0 Å². The van der Waals surface area contributed by atoms with Gasteiger partial charge >= 0.3 is 0 Å². The van der Waals surface area contributed by atoms with Gasteiger partial charge in [-0.15, -0.1) is 0 Å². The fraction of sp³-hybridized carbons (Fsp3) is 1.00. The average Bonchev–Trinajstić information content (AvgIpc) is 2.43. The Balaban J connectivity index is 3.86. The summed E-state index contributed by atoms with van der Waals surface area (Å²) in [5.74, 6) is 0.933. The molecule has 0 saturated carbocycles. The number of unbranched alkanes of at least 4 members (excludes halogenated alkanes) is 5. The van der Waals surface area contributed by atoms with Crippen LogP contribution in [0.15, 0.2) is 0 Å². The van der Waals surface area contributed by atoms with Crippen LogP contribution in [0.4, 0.5) is 0 Å². The molecule has 19 heavy (non-hydrogen) atoms. The Morgan fingerprint density at radius 2 is 1.37 bits per heavy atom. The molecule has 0 aliphatic carbocycles. The van der Waals surface area contributed by atoms with Gasteiger partial charge in [-0.3, -0.25) is 0 Å². The summed E-state index contributed by atoms with van der Waals surface area (Å²) < 4.78 is 0. The van der Waals surface area contributed by atoms with Crippen molar-refractivity contribution in [3.63, 3.8) is 0 Å². The maximum absolute atomic E-state index is 2.73. The van der Waals surface area contributed by atoms with E-state index in [0.717, 1.165) is 5.92 Å². The summed E-state index contributed by atoms with van der Waals surface area (Å²) >= 11 is 0. The molecule has 0 aromatic carbocycles. The first-order chi connectivity index (χ1) is 9.28. The lowest BCUT2D eigenvalue weighted by Crippen LogP contribution is -2.31. The first-order valence-electron chi connectivity index (χ1n) is 9.00. The van der Waals surface area contributed by atoms with E-state index in [1.807, 2.05) is 0 Å². The minimum absolute atomic E-state index is 0.933. The Morgan fingerprint density at radius 1 is 0.684 bits per heavy atom. The van der Waals surface area contributed by atoms with Crippen LogP contribution >= 0.6 is 0 Å². The van der Waals surface area contributed by atoms with Crippen molar-refractivity contribution in [2.45, 2.75) is 91.9 Å². The van der Waals surface area contributed by atoms with E-state index in [1.54, 1.807) is 0 Å². The largest absolute Gasteiger partial charge is 0.303 e. The summed E-state index contributed by atoms with van der Waals surface area (Å²) in [5.41, 5.74) is 0. The molecule has 0 aliphatic heterocycles. The zero-order valence-electron chi connectivity index (χ0n) is 14.2. The summed E-state index contributed by atoms with van der Waals surface area (Å²) in [6.07, 6.45) is 13.9. The maximum atomic E-state index is 2.73. The first-order valence-corrected chi connectivity index (χ1v) is 9.00. The molecule has 0 heterocycles. The molecule has 0 N–H and O–H groups in total. The molecule has 1 nitrogen and oxygen atoms in total. The molecule has 0 rings (SSSR count). The topological polar surface area (TPSA) is 3.24 Å². The van der Waals surface area contributed by atoms with E-state index in [1.165, 1.54) is 83.8 Å². The van der Waals surface area contributed by atoms with Gasteiger partial charge in [0.2, 0.25) is 0 Å². The molecule has 0 spiro atoms. The highest BCUT2D eigenvalue weighted by atomic mass is 15.1. The lowest BCUT2D eigenvalue weighted by Gasteiger charge is -2.26. The highest BCUT2D eigenvalue weighted by Crippen LogP contribution is 2.15. The van der Waals surface area contributed by atoms with Crippen LogP contribution in [-0.4, -0.2) is 24.5 Å². The minimum Gasteiger partial charge on any atom is -0.303 e. The Morgan fingerprint density at radius 3 is 1.95 bits per heavy atom. The number of nitrogens with zero attached hydrogens (tertiary/aromatic N) is 1. The van der Waals surface area contributed by atoms with Crippen LogP contribution in [0.25, 0.3) is 0 Å². The van der Waals surface area contributed by atoms with Crippen molar-refractivity contribution >= 4 is 0 Å². The van der Waals surface area contributed by atoms with Crippen molar-refractivity contribution in [3.8, 4) is 0 Å². The highest BCUT2D eigenvalue weighted by Gasteiger charge is 2.11. The summed E-state index contributed by atoms with van der Waals surface area (Å²) in [4.78, 5) is 2.73. The van der Waals surface area contributed by atoms with E-state index in [0.29, 0.717) is 0 Å². The molecule has 1 atom stereocenters. The van der Waals surface area contributed by atoms with Crippen LogP contribution in [0, 0.1) is 5.92 Å². The predicted molar refractivity (Wildman–Crippen MR) is 88.8 cm³/mol. The molecule has 0 saturated heterocycles. The SMILES string of the molecule is CCCCCCCN(CCC)CC(CC)CCCC. The highest BCUT2D eigenvalue weighted by molar-refractivity contribution is 4.65. The smallest absolute Gasteiger partial charge is 0.000955 e. The van der Waals surface area contributed by atoms with Gasteiger partial charge in [-0.25, -0.2) is 0 Å². The molecule has 1 heteroatoms. The lowest BCUT2D eigenvalue weighted by molar-refractivity contribution is 0.214. The predicted octanol–water partition coefficient (Wildman–Crippen LogP) is 5.89. The Bertz CT molecular complexity index is 167. The van der Waals surface area contributed by atoms with Gasteiger partial charge < -0.3 is 4.90 Å². The molecule has 0 amide bonds. The van der Waals surface area contributed by atoms with Gasteiger partial charge in [-0.05, 0) is 38.3 Å². The van der Waals surface area contributed by atoms with E-state index in [4.69, 9.17) is 0 Å². The third-order valence-corrected chi connectivity index (χ3v) is 4.18. The first kappa shape index (κ1) is 19.0. The normalized spacial score (nSPS) is 13.1. The van der Waals surface area contributed by atoms with Gasteiger partial charge in [0.05, 0.1) is 0 Å². The van der Waals surface area contributed by atoms with Crippen molar-refractivity contribution in [2.75, 3.05) is 19.6 Å². The molecule has 0 fully saturated rings. The van der Waals surface area contributed by atoms with Crippen LogP contribution < -0.4 is 0 Å². The Hall–Kier alpha value is -0.0400. The summed E-state index contributed by atoms with van der Waals surface area (Å²) in [7, 11) is 0. The second-order valence-electron chi connectivity index (χ2n) is 6.13. The maximum Gasteiger partial charge on any atom is 0.000955 e. The van der Waals surface area contributed by atoms with E-state index in [-0.39, 0.29) is 0 Å². The van der Waals surface area contributed by atoms with Gasteiger partial charge in [0.25, 0.3) is 0 Å². The minimum atomic E-state index is 0.933. The van der Waals surface area contributed by atoms with Crippen LogP contribution in [0.2, 0.25) is 0 Å². The molecule has 0 radical (unpaired) electrons. The molecule has 116 valence electrons. The molecular weight excluding hydrogens is 230 g/mol. The second kappa shape index (κ2) is 14.4. The molecule has 0 aromatic rings. The number of hydrogen-bond acceptors (Lipinski definition) is 1. The Labute approximate surface area is 123 Å². The summed E-state index contributed by atoms with van der Waals surface area (Å²) in [5, 5.41) is 0. The molecular formula is C18H39N. The molecule has 0 bridgehead atoms. The van der Waals surface area contributed by atoms with E-state index in [2.05, 4.69) is 32.6 Å². The van der Waals surface area contributed by atoms with Gasteiger partial charge in [-0.1, -0.05) is 72.6 Å². The van der Waals surface area contributed by atoms with E-state index >= 15 is 0 Å². The lowest BCUT2D eigenvalue weighted by atomic mass is 9.98. The third kappa shape index (κ3) is 11.5. The van der Waals surface area contributed by atoms with E-state index in [9.17, 15) is 0 Å².